The van der Waals surface area contributed by atoms with Gasteiger partial charge in [-0.3, -0.25) is 0 Å². The van der Waals surface area contributed by atoms with Crippen molar-refractivity contribution in [2.24, 2.45) is 0 Å². The number of carboxylic acid groups (broad SMARTS) is 1. The lowest BCUT2D eigenvalue weighted by molar-refractivity contribution is 0.0696. The predicted molar refractivity (Wildman–Crippen MR) is 107 cm³/mol. The smallest absolute Gasteiger partial charge is 0.338 e. The highest BCUT2D eigenvalue weighted by Gasteiger charge is 2.23. The van der Waals surface area contributed by atoms with E-state index in [1.807, 2.05) is 18.2 Å². The molecule has 28 heavy (non-hydrogen) atoms. The normalized spacial score (nSPS) is 13.5. The Hall–Kier alpha value is -3.67. The molecule has 2 aromatic carbocycles. The molecule has 0 fully saturated rings. The molecule has 0 saturated heterocycles. The minimum absolute atomic E-state index is 0.0982. The molecule has 138 valence electrons. The summed E-state index contributed by atoms with van der Waals surface area (Å²) in [6.45, 7) is 1.48. The standard InChI is InChI=1S/C22H18N4O2/c27-21(28)16-11-23-22(24-12-16)26-9-8-20-18(13-26)17-10-15(6-7-19(17)25-20)14-4-2-1-3-5-14/h1-7,10-12,25H,8-9,13H2,(H,27,28). The van der Waals surface area contributed by atoms with Gasteiger partial charge < -0.3 is 15.0 Å². The number of hydrogen-bond acceptors (Lipinski definition) is 4. The highest BCUT2D eigenvalue weighted by atomic mass is 16.4. The zero-order valence-corrected chi connectivity index (χ0v) is 15.1. The monoisotopic (exact) mass is 370 g/mol. The molecule has 5 rings (SSSR count). The van der Waals surface area contributed by atoms with Crippen molar-refractivity contribution in [2.45, 2.75) is 13.0 Å². The average molecular weight is 370 g/mol. The number of hydrogen-bond donors (Lipinski definition) is 2. The maximum atomic E-state index is 11.0. The van der Waals surface area contributed by atoms with Crippen LogP contribution in [-0.4, -0.2) is 32.6 Å². The largest absolute Gasteiger partial charge is 0.478 e. The first-order valence-electron chi connectivity index (χ1n) is 9.18. The van der Waals surface area contributed by atoms with Gasteiger partial charge >= 0.3 is 5.97 Å². The number of aromatic carboxylic acids is 1. The second-order valence-electron chi connectivity index (χ2n) is 6.96. The minimum atomic E-state index is -1.02. The third kappa shape index (κ3) is 2.79. The van der Waals surface area contributed by atoms with Crippen LogP contribution in [0.2, 0.25) is 0 Å². The molecule has 1 aliphatic rings. The van der Waals surface area contributed by atoms with Crippen LogP contribution in [0.3, 0.4) is 0 Å². The molecular formula is C22H18N4O2. The van der Waals surface area contributed by atoms with Crippen molar-refractivity contribution in [3.63, 3.8) is 0 Å². The van der Waals surface area contributed by atoms with E-state index in [-0.39, 0.29) is 5.56 Å². The van der Waals surface area contributed by atoms with Gasteiger partial charge in [0.2, 0.25) is 5.95 Å². The number of nitrogens with one attached hydrogen (secondary N) is 1. The van der Waals surface area contributed by atoms with Crippen LogP contribution in [0.1, 0.15) is 21.6 Å². The molecule has 6 nitrogen and oxygen atoms in total. The van der Waals surface area contributed by atoms with E-state index in [0.29, 0.717) is 12.5 Å². The third-order valence-electron chi connectivity index (χ3n) is 5.25. The van der Waals surface area contributed by atoms with E-state index in [4.69, 9.17) is 5.11 Å². The Balaban J connectivity index is 1.51. The number of fused-ring (bicyclic) bond motifs is 3. The molecule has 6 heteroatoms. The number of rotatable bonds is 3. The minimum Gasteiger partial charge on any atom is -0.478 e. The molecule has 4 aromatic rings. The number of benzene rings is 2. The summed E-state index contributed by atoms with van der Waals surface area (Å²) in [6.07, 6.45) is 3.60. The molecule has 1 aliphatic heterocycles. The van der Waals surface area contributed by atoms with Crippen molar-refractivity contribution in [1.82, 2.24) is 15.0 Å². The first-order chi connectivity index (χ1) is 13.7. The number of carboxylic acids is 1. The number of carbonyl (C=O) groups is 1. The number of aromatic nitrogens is 3. The molecule has 2 aromatic heterocycles. The second kappa shape index (κ2) is 6.49. The summed E-state index contributed by atoms with van der Waals surface area (Å²) >= 11 is 0. The molecule has 0 amide bonds. The van der Waals surface area contributed by atoms with Crippen molar-refractivity contribution < 1.29 is 9.90 Å². The second-order valence-corrected chi connectivity index (χ2v) is 6.96. The molecular weight excluding hydrogens is 352 g/mol. The van der Waals surface area contributed by atoms with Crippen molar-refractivity contribution in [3.05, 3.63) is 77.7 Å². The van der Waals surface area contributed by atoms with Crippen LogP contribution in [0.15, 0.2) is 60.9 Å². The van der Waals surface area contributed by atoms with E-state index in [1.165, 1.54) is 40.2 Å². The van der Waals surface area contributed by atoms with Crippen molar-refractivity contribution >= 4 is 22.8 Å². The Kier molecular flexibility index (Phi) is 3.83. The maximum Gasteiger partial charge on any atom is 0.338 e. The molecule has 2 N–H and O–H groups in total. The van der Waals surface area contributed by atoms with Gasteiger partial charge in [-0.2, -0.15) is 0 Å². The summed E-state index contributed by atoms with van der Waals surface area (Å²) in [7, 11) is 0. The first kappa shape index (κ1) is 16.5. The van der Waals surface area contributed by atoms with Crippen LogP contribution in [0.25, 0.3) is 22.0 Å². The summed E-state index contributed by atoms with van der Waals surface area (Å²) in [5.74, 6) is -0.457. The van der Waals surface area contributed by atoms with E-state index in [0.717, 1.165) is 18.5 Å². The van der Waals surface area contributed by atoms with Gasteiger partial charge in [0, 0.05) is 54.1 Å². The zero-order valence-electron chi connectivity index (χ0n) is 15.1. The van der Waals surface area contributed by atoms with E-state index in [2.05, 4.69) is 50.2 Å². The summed E-state index contributed by atoms with van der Waals surface area (Å²) < 4.78 is 0. The molecule has 0 saturated carbocycles. The maximum absolute atomic E-state index is 11.0. The Bertz CT molecular complexity index is 1170. The van der Waals surface area contributed by atoms with Gasteiger partial charge in [0.15, 0.2) is 0 Å². The van der Waals surface area contributed by atoms with Gasteiger partial charge in [-0.15, -0.1) is 0 Å². The molecule has 0 aliphatic carbocycles. The summed E-state index contributed by atoms with van der Waals surface area (Å²) in [6, 6.07) is 16.9. The Morgan fingerprint density at radius 2 is 1.82 bits per heavy atom. The van der Waals surface area contributed by atoms with Gasteiger partial charge in [-0.05, 0) is 23.3 Å². The molecule has 0 atom stereocenters. The lowest BCUT2D eigenvalue weighted by Gasteiger charge is -2.27. The number of nitrogens with zero attached hydrogens (tertiary/aromatic N) is 3. The third-order valence-corrected chi connectivity index (χ3v) is 5.25. The van der Waals surface area contributed by atoms with Crippen LogP contribution in [0, 0.1) is 0 Å². The average Bonchev–Trinajstić information content (AvgIpc) is 3.11. The first-order valence-corrected chi connectivity index (χ1v) is 9.18. The molecule has 0 spiro atoms. The number of H-pyrrole nitrogens is 1. The fraction of sp³-hybridized carbons (Fsp3) is 0.136. The SMILES string of the molecule is O=C(O)c1cnc(N2CCc3[nH]c4ccc(-c5ccccc5)cc4c3C2)nc1. The molecule has 0 unspecified atom stereocenters. The van der Waals surface area contributed by atoms with E-state index >= 15 is 0 Å². The van der Waals surface area contributed by atoms with Crippen molar-refractivity contribution in [2.75, 3.05) is 11.4 Å². The number of aromatic amines is 1. The van der Waals surface area contributed by atoms with Crippen LogP contribution in [-0.2, 0) is 13.0 Å². The van der Waals surface area contributed by atoms with Crippen LogP contribution >= 0.6 is 0 Å². The fourth-order valence-electron chi connectivity index (χ4n) is 3.79. The lowest BCUT2D eigenvalue weighted by Crippen LogP contribution is -2.31. The Morgan fingerprint density at radius 1 is 1.04 bits per heavy atom. The lowest BCUT2D eigenvalue weighted by atomic mass is 10.00. The molecule has 3 heterocycles. The Morgan fingerprint density at radius 3 is 2.57 bits per heavy atom. The highest BCUT2D eigenvalue weighted by molar-refractivity contribution is 5.90. The van der Waals surface area contributed by atoms with Gasteiger partial charge in [-0.1, -0.05) is 36.4 Å². The summed E-state index contributed by atoms with van der Waals surface area (Å²) in [5, 5.41) is 10.2. The van der Waals surface area contributed by atoms with E-state index in [9.17, 15) is 4.79 Å². The summed E-state index contributed by atoms with van der Waals surface area (Å²) in [5.41, 5.74) is 6.12. The van der Waals surface area contributed by atoms with Gasteiger partial charge in [0.05, 0.1) is 5.56 Å². The van der Waals surface area contributed by atoms with E-state index in [1.54, 1.807) is 0 Å². The van der Waals surface area contributed by atoms with Crippen LogP contribution < -0.4 is 4.90 Å². The highest BCUT2D eigenvalue weighted by Crippen LogP contribution is 2.32. The van der Waals surface area contributed by atoms with Crippen molar-refractivity contribution in [3.8, 4) is 11.1 Å². The predicted octanol–water partition coefficient (Wildman–Crippen LogP) is 3.89. The van der Waals surface area contributed by atoms with Gasteiger partial charge in [0.25, 0.3) is 0 Å². The topological polar surface area (TPSA) is 82.1 Å². The van der Waals surface area contributed by atoms with Gasteiger partial charge in [-0.25, -0.2) is 14.8 Å². The molecule has 0 radical (unpaired) electrons. The van der Waals surface area contributed by atoms with Crippen LogP contribution in [0.5, 0.6) is 0 Å². The zero-order chi connectivity index (χ0) is 19.1. The van der Waals surface area contributed by atoms with Crippen LogP contribution in [0.4, 0.5) is 5.95 Å². The quantitative estimate of drug-likeness (QED) is 0.572. The van der Waals surface area contributed by atoms with E-state index < -0.39 is 5.97 Å². The summed E-state index contributed by atoms with van der Waals surface area (Å²) in [4.78, 5) is 25.2. The Labute approximate surface area is 161 Å². The molecule has 0 bridgehead atoms. The fourth-order valence-corrected chi connectivity index (χ4v) is 3.79. The van der Waals surface area contributed by atoms with Crippen molar-refractivity contribution in [1.29, 1.82) is 0 Å². The number of anilines is 1. The van der Waals surface area contributed by atoms with Gasteiger partial charge in [0.1, 0.15) is 0 Å².